The van der Waals surface area contributed by atoms with Crippen molar-refractivity contribution in [2.45, 2.75) is 31.8 Å². The van der Waals surface area contributed by atoms with Gasteiger partial charge in [-0.15, -0.1) is 0 Å². The summed E-state index contributed by atoms with van der Waals surface area (Å²) in [5.74, 6) is -1.32. The Morgan fingerprint density at radius 1 is 1.53 bits per heavy atom. The Bertz CT molecular complexity index is 262. The maximum absolute atomic E-state index is 12.5. The SMILES string of the molecule is COC(=O)/C=C/[C@H]1OC(C)(C)O[C@@H]1CF. The molecule has 0 N–H and O–H groups in total. The first kappa shape index (κ1) is 12.1. The van der Waals surface area contributed by atoms with Gasteiger partial charge in [0.05, 0.1) is 7.11 Å². The molecule has 1 aliphatic rings. The molecule has 0 bridgehead atoms. The monoisotopic (exact) mass is 218 g/mol. The quantitative estimate of drug-likeness (QED) is 0.527. The van der Waals surface area contributed by atoms with Gasteiger partial charge in [-0.1, -0.05) is 0 Å². The van der Waals surface area contributed by atoms with Gasteiger partial charge in [-0.2, -0.15) is 0 Å². The molecule has 0 unspecified atom stereocenters. The lowest BCUT2D eigenvalue weighted by Crippen LogP contribution is -2.23. The van der Waals surface area contributed by atoms with Crippen LogP contribution in [0.2, 0.25) is 0 Å². The predicted octanol–water partition coefficient (Wildman–Crippen LogP) is 1.21. The fourth-order valence-corrected chi connectivity index (χ4v) is 1.39. The molecule has 4 nitrogen and oxygen atoms in total. The lowest BCUT2D eigenvalue weighted by atomic mass is 10.2. The Kier molecular flexibility index (Phi) is 3.82. The lowest BCUT2D eigenvalue weighted by Gasteiger charge is -2.15. The number of ether oxygens (including phenoxy) is 3. The largest absolute Gasteiger partial charge is 0.466 e. The van der Waals surface area contributed by atoms with Crippen LogP contribution in [0.3, 0.4) is 0 Å². The Morgan fingerprint density at radius 3 is 2.73 bits per heavy atom. The zero-order valence-corrected chi connectivity index (χ0v) is 9.03. The summed E-state index contributed by atoms with van der Waals surface area (Å²) >= 11 is 0. The summed E-state index contributed by atoms with van der Waals surface area (Å²) < 4.78 is 27.6. The highest BCUT2D eigenvalue weighted by atomic mass is 19.1. The van der Waals surface area contributed by atoms with Crippen LogP contribution in [0.5, 0.6) is 0 Å². The minimum atomic E-state index is -0.818. The maximum atomic E-state index is 12.5. The van der Waals surface area contributed by atoms with Crippen LogP contribution in [-0.4, -0.2) is 37.7 Å². The van der Waals surface area contributed by atoms with E-state index in [1.54, 1.807) is 13.8 Å². The second kappa shape index (κ2) is 4.72. The lowest BCUT2D eigenvalue weighted by molar-refractivity contribution is -0.144. The van der Waals surface area contributed by atoms with E-state index in [0.717, 1.165) is 0 Å². The molecular weight excluding hydrogens is 203 g/mol. The van der Waals surface area contributed by atoms with E-state index in [2.05, 4.69) is 4.74 Å². The molecule has 1 heterocycles. The first-order valence-electron chi connectivity index (χ1n) is 4.66. The summed E-state index contributed by atoms with van der Waals surface area (Å²) in [5, 5.41) is 0. The van der Waals surface area contributed by atoms with Crippen molar-refractivity contribution in [2.24, 2.45) is 0 Å². The molecule has 86 valence electrons. The molecule has 2 atom stereocenters. The van der Waals surface area contributed by atoms with Crippen molar-refractivity contribution >= 4 is 5.97 Å². The van der Waals surface area contributed by atoms with Gasteiger partial charge in [-0.3, -0.25) is 0 Å². The molecule has 0 aliphatic carbocycles. The number of carbonyl (C=O) groups excluding carboxylic acids is 1. The average Bonchev–Trinajstić information content (AvgIpc) is 2.49. The molecule has 5 heteroatoms. The third kappa shape index (κ3) is 3.28. The third-order valence-corrected chi connectivity index (χ3v) is 2.00. The van der Waals surface area contributed by atoms with Gasteiger partial charge in [-0.25, -0.2) is 9.18 Å². The number of methoxy groups -OCH3 is 1. The molecule has 0 spiro atoms. The molecular formula is C10H15FO4. The van der Waals surface area contributed by atoms with E-state index in [1.807, 2.05) is 0 Å². The predicted molar refractivity (Wildman–Crippen MR) is 51.0 cm³/mol. The van der Waals surface area contributed by atoms with Crippen molar-refractivity contribution in [3.63, 3.8) is 0 Å². The number of alkyl halides is 1. The van der Waals surface area contributed by atoms with E-state index in [9.17, 15) is 9.18 Å². The van der Waals surface area contributed by atoms with Crippen molar-refractivity contribution in [1.29, 1.82) is 0 Å². The van der Waals surface area contributed by atoms with Gasteiger partial charge < -0.3 is 14.2 Å². The Labute approximate surface area is 88.0 Å². The summed E-state index contributed by atoms with van der Waals surface area (Å²) in [5.41, 5.74) is 0. The van der Waals surface area contributed by atoms with Crippen LogP contribution in [0.25, 0.3) is 0 Å². The normalized spacial score (nSPS) is 29.6. The maximum Gasteiger partial charge on any atom is 0.330 e. The van der Waals surface area contributed by atoms with E-state index < -0.39 is 30.6 Å². The second-order valence-electron chi connectivity index (χ2n) is 3.68. The average molecular weight is 218 g/mol. The molecule has 1 saturated heterocycles. The summed E-state index contributed by atoms with van der Waals surface area (Å²) in [6.45, 7) is 2.74. The standard InChI is InChI=1S/C10H15FO4/c1-10(2)14-7(8(6-11)15-10)4-5-9(12)13-3/h4-5,7-8H,6H2,1-3H3/b5-4+/t7-,8-/m1/s1. The summed E-state index contributed by atoms with van der Waals surface area (Å²) in [4.78, 5) is 10.8. The Morgan fingerprint density at radius 2 is 2.20 bits per heavy atom. The van der Waals surface area contributed by atoms with Crippen molar-refractivity contribution in [3.05, 3.63) is 12.2 Å². The highest BCUT2D eigenvalue weighted by Crippen LogP contribution is 2.28. The third-order valence-electron chi connectivity index (χ3n) is 2.00. The van der Waals surface area contributed by atoms with Gasteiger partial charge in [0, 0.05) is 6.08 Å². The molecule has 0 saturated carbocycles. The number of hydrogen-bond acceptors (Lipinski definition) is 4. The van der Waals surface area contributed by atoms with E-state index in [-0.39, 0.29) is 0 Å². The van der Waals surface area contributed by atoms with Crippen LogP contribution >= 0.6 is 0 Å². The molecule has 0 radical (unpaired) electrons. The van der Waals surface area contributed by atoms with E-state index in [0.29, 0.717) is 0 Å². The van der Waals surface area contributed by atoms with Gasteiger partial charge >= 0.3 is 5.97 Å². The van der Waals surface area contributed by atoms with Crippen LogP contribution < -0.4 is 0 Å². The highest BCUT2D eigenvalue weighted by Gasteiger charge is 2.39. The van der Waals surface area contributed by atoms with Crippen molar-refractivity contribution in [3.8, 4) is 0 Å². The van der Waals surface area contributed by atoms with Gasteiger partial charge in [0.2, 0.25) is 0 Å². The zero-order chi connectivity index (χ0) is 11.5. The smallest absolute Gasteiger partial charge is 0.330 e. The van der Waals surface area contributed by atoms with E-state index >= 15 is 0 Å². The minimum absolute atomic E-state index is 0.499. The fraction of sp³-hybridized carbons (Fsp3) is 0.700. The minimum Gasteiger partial charge on any atom is -0.466 e. The number of esters is 1. The summed E-state index contributed by atoms with van der Waals surface area (Å²) in [7, 11) is 1.27. The van der Waals surface area contributed by atoms with Crippen LogP contribution in [-0.2, 0) is 19.0 Å². The fourth-order valence-electron chi connectivity index (χ4n) is 1.39. The molecule has 1 rings (SSSR count). The molecule has 1 fully saturated rings. The van der Waals surface area contributed by atoms with Gasteiger partial charge in [0.1, 0.15) is 18.9 Å². The molecule has 1 aliphatic heterocycles. The van der Waals surface area contributed by atoms with E-state index in [4.69, 9.17) is 9.47 Å². The van der Waals surface area contributed by atoms with Crippen LogP contribution in [0.15, 0.2) is 12.2 Å². The first-order valence-corrected chi connectivity index (χ1v) is 4.66. The van der Waals surface area contributed by atoms with Crippen LogP contribution in [0, 0.1) is 0 Å². The number of rotatable bonds is 3. The zero-order valence-electron chi connectivity index (χ0n) is 9.03. The van der Waals surface area contributed by atoms with Crippen molar-refractivity contribution in [1.82, 2.24) is 0 Å². The Hall–Kier alpha value is -0.940. The summed E-state index contributed by atoms with van der Waals surface area (Å²) in [6.07, 6.45) is 1.44. The van der Waals surface area contributed by atoms with Gasteiger partial charge in [-0.05, 0) is 19.9 Å². The topological polar surface area (TPSA) is 44.8 Å². The summed E-state index contributed by atoms with van der Waals surface area (Å²) in [6, 6.07) is 0. The molecule has 0 amide bonds. The second-order valence-corrected chi connectivity index (χ2v) is 3.68. The highest BCUT2D eigenvalue weighted by molar-refractivity contribution is 5.81. The number of carbonyl (C=O) groups is 1. The number of halogens is 1. The van der Waals surface area contributed by atoms with Crippen molar-refractivity contribution < 1.29 is 23.4 Å². The first-order chi connectivity index (χ1) is 6.98. The molecule has 0 aromatic carbocycles. The molecule has 0 aromatic rings. The molecule has 0 aromatic heterocycles. The van der Waals surface area contributed by atoms with Gasteiger partial charge in [0.15, 0.2) is 5.79 Å². The molecule has 15 heavy (non-hydrogen) atoms. The van der Waals surface area contributed by atoms with E-state index in [1.165, 1.54) is 19.3 Å². The van der Waals surface area contributed by atoms with Crippen LogP contribution in [0.1, 0.15) is 13.8 Å². The van der Waals surface area contributed by atoms with Crippen LogP contribution in [0.4, 0.5) is 4.39 Å². The van der Waals surface area contributed by atoms with Gasteiger partial charge in [0.25, 0.3) is 0 Å². The number of hydrogen-bond donors (Lipinski definition) is 0. The Balaban J connectivity index is 2.61. The van der Waals surface area contributed by atoms with Crippen molar-refractivity contribution in [2.75, 3.05) is 13.8 Å².